The molecular formula is C16H22ClN3O4. The topological polar surface area (TPSA) is 98.7 Å². The smallest absolute Gasteiger partial charge is 0.312 e. The van der Waals surface area contributed by atoms with Crippen LogP contribution in [0.2, 0.25) is 5.02 Å². The lowest BCUT2D eigenvalue weighted by atomic mass is 9.92. The molecule has 0 spiro atoms. The van der Waals surface area contributed by atoms with Crippen LogP contribution in [0.25, 0.3) is 0 Å². The maximum Gasteiger partial charge on any atom is 0.312 e. The van der Waals surface area contributed by atoms with Crippen LogP contribution in [0.1, 0.15) is 26.2 Å². The molecule has 2 unspecified atom stereocenters. The Balaban J connectivity index is 1.88. The number of amides is 1. The second-order valence-electron chi connectivity index (χ2n) is 6.07. The Bertz CT molecular complexity index is 609. The Morgan fingerprint density at radius 3 is 3.00 bits per heavy atom. The number of piperidine rings is 1. The van der Waals surface area contributed by atoms with Gasteiger partial charge in [-0.15, -0.1) is 0 Å². The van der Waals surface area contributed by atoms with Crippen LogP contribution in [0.15, 0.2) is 18.2 Å². The SMILES string of the molecule is CC(N)C1CCCN(C(=O)CCOc2ccc(Cl)cc2[N+](=O)[O-])C1. The number of nitro groups is 1. The third-order valence-corrected chi connectivity index (χ3v) is 4.48. The number of hydrogen-bond acceptors (Lipinski definition) is 5. The summed E-state index contributed by atoms with van der Waals surface area (Å²) in [5.74, 6) is 0.419. The molecule has 1 aliphatic rings. The number of nitrogens with two attached hydrogens (primary N) is 1. The van der Waals surface area contributed by atoms with Crippen molar-refractivity contribution in [1.82, 2.24) is 4.90 Å². The van der Waals surface area contributed by atoms with Gasteiger partial charge in [-0.3, -0.25) is 14.9 Å². The van der Waals surface area contributed by atoms with Crippen molar-refractivity contribution < 1.29 is 14.5 Å². The van der Waals surface area contributed by atoms with Crippen molar-refractivity contribution in [2.75, 3.05) is 19.7 Å². The number of ether oxygens (including phenoxy) is 1. The molecule has 0 bridgehead atoms. The number of hydrogen-bond donors (Lipinski definition) is 1. The zero-order valence-electron chi connectivity index (χ0n) is 13.6. The number of carbonyl (C=O) groups excluding carboxylic acids is 1. The first-order valence-electron chi connectivity index (χ1n) is 7.98. The summed E-state index contributed by atoms with van der Waals surface area (Å²) in [6, 6.07) is 4.26. The van der Waals surface area contributed by atoms with Crippen LogP contribution < -0.4 is 10.5 Å². The summed E-state index contributed by atoms with van der Waals surface area (Å²) in [6.45, 7) is 3.43. The van der Waals surface area contributed by atoms with Gasteiger partial charge in [0.1, 0.15) is 0 Å². The molecule has 1 aromatic rings. The average Bonchev–Trinajstić information content (AvgIpc) is 2.56. The number of carbonyl (C=O) groups is 1. The van der Waals surface area contributed by atoms with E-state index in [0.29, 0.717) is 12.5 Å². The van der Waals surface area contributed by atoms with Gasteiger partial charge in [0.2, 0.25) is 5.91 Å². The number of rotatable bonds is 6. The maximum absolute atomic E-state index is 12.3. The molecule has 0 radical (unpaired) electrons. The Labute approximate surface area is 145 Å². The van der Waals surface area contributed by atoms with Gasteiger partial charge < -0.3 is 15.4 Å². The summed E-state index contributed by atoms with van der Waals surface area (Å²) in [7, 11) is 0. The second-order valence-corrected chi connectivity index (χ2v) is 6.51. The first kappa shape index (κ1) is 18.5. The minimum Gasteiger partial charge on any atom is -0.486 e. The number of halogens is 1. The molecule has 1 fully saturated rings. The highest BCUT2D eigenvalue weighted by molar-refractivity contribution is 6.30. The van der Waals surface area contributed by atoms with Crippen molar-refractivity contribution in [2.24, 2.45) is 11.7 Å². The van der Waals surface area contributed by atoms with Crippen molar-refractivity contribution in [3.63, 3.8) is 0 Å². The molecule has 1 aliphatic heterocycles. The lowest BCUT2D eigenvalue weighted by Crippen LogP contribution is -2.45. The van der Waals surface area contributed by atoms with Gasteiger partial charge in [0, 0.05) is 30.2 Å². The van der Waals surface area contributed by atoms with E-state index in [2.05, 4.69) is 0 Å². The second kappa shape index (κ2) is 8.30. The fraction of sp³-hybridized carbons (Fsp3) is 0.562. The minimum atomic E-state index is -0.555. The summed E-state index contributed by atoms with van der Waals surface area (Å²) >= 11 is 5.76. The molecule has 1 heterocycles. The molecule has 7 nitrogen and oxygen atoms in total. The van der Waals surface area contributed by atoms with E-state index >= 15 is 0 Å². The van der Waals surface area contributed by atoms with Crippen LogP contribution in [0.5, 0.6) is 5.75 Å². The van der Waals surface area contributed by atoms with Gasteiger partial charge in [0.15, 0.2) is 5.75 Å². The van der Waals surface area contributed by atoms with Gasteiger partial charge in [-0.05, 0) is 37.8 Å². The normalized spacial score (nSPS) is 19.0. The molecule has 24 heavy (non-hydrogen) atoms. The van der Waals surface area contributed by atoms with E-state index in [0.717, 1.165) is 19.4 Å². The average molecular weight is 356 g/mol. The summed E-state index contributed by atoms with van der Waals surface area (Å²) in [4.78, 5) is 24.5. The van der Waals surface area contributed by atoms with Gasteiger partial charge in [0.25, 0.3) is 0 Å². The van der Waals surface area contributed by atoms with Crippen molar-refractivity contribution in [1.29, 1.82) is 0 Å². The predicted octanol–water partition coefficient (Wildman–Crippen LogP) is 2.60. The molecule has 8 heteroatoms. The molecule has 2 N–H and O–H groups in total. The summed E-state index contributed by atoms with van der Waals surface area (Å²) < 4.78 is 5.42. The largest absolute Gasteiger partial charge is 0.486 e. The first-order chi connectivity index (χ1) is 11.4. The van der Waals surface area contributed by atoms with Gasteiger partial charge >= 0.3 is 5.69 Å². The number of likely N-dealkylation sites (tertiary alicyclic amines) is 1. The predicted molar refractivity (Wildman–Crippen MR) is 91.2 cm³/mol. The highest BCUT2D eigenvalue weighted by Crippen LogP contribution is 2.30. The van der Waals surface area contributed by atoms with E-state index in [9.17, 15) is 14.9 Å². The molecule has 0 aliphatic carbocycles. The molecule has 1 aromatic carbocycles. The van der Waals surface area contributed by atoms with E-state index in [1.165, 1.54) is 18.2 Å². The lowest BCUT2D eigenvalue weighted by Gasteiger charge is -2.34. The van der Waals surface area contributed by atoms with Crippen molar-refractivity contribution >= 4 is 23.2 Å². The van der Waals surface area contributed by atoms with Crippen LogP contribution in [-0.2, 0) is 4.79 Å². The standard InChI is InChI=1S/C16H22ClN3O4/c1-11(18)12-3-2-7-19(10-12)16(21)6-8-24-15-5-4-13(17)9-14(15)20(22)23/h4-5,9,11-12H,2-3,6-8,10,18H2,1H3. The molecule has 1 amide bonds. The maximum atomic E-state index is 12.3. The molecule has 132 valence electrons. The third kappa shape index (κ3) is 4.82. The van der Waals surface area contributed by atoms with Crippen molar-refractivity contribution in [2.45, 2.75) is 32.2 Å². The quantitative estimate of drug-likeness (QED) is 0.624. The van der Waals surface area contributed by atoms with E-state index in [1.54, 1.807) is 4.90 Å². The number of benzene rings is 1. The van der Waals surface area contributed by atoms with Gasteiger partial charge in [-0.2, -0.15) is 0 Å². The van der Waals surface area contributed by atoms with Gasteiger partial charge in [0.05, 0.1) is 18.0 Å². The Morgan fingerprint density at radius 2 is 2.33 bits per heavy atom. The van der Waals surface area contributed by atoms with Crippen LogP contribution in [-0.4, -0.2) is 41.5 Å². The number of nitro benzene ring substituents is 1. The van der Waals surface area contributed by atoms with Gasteiger partial charge in [-0.25, -0.2) is 0 Å². The van der Waals surface area contributed by atoms with Gasteiger partial charge in [-0.1, -0.05) is 11.6 Å². The Morgan fingerprint density at radius 1 is 1.58 bits per heavy atom. The first-order valence-corrected chi connectivity index (χ1v) is 8.36. The zero-order valence-corrected chi connectivity index (χ0v) is 14.4. The highest BCUT2D eigenvalue weighted by atomic mass is 35.5. The highest BCUT2D eigenvalue weighted by Gasteiger charge is 2.25. The van der Waals surface area contributed by atoms with Crippen molar-refractivity contribution in [3.8, 4) is 5.75 Å². The minimum absolute atomic E-state index is 0.0167. The van der Waals surface area contributed by atoms with Crippen LogP contribution in [0.4, 0.5) is 5.69 Å². The van der Waals surface area contributed by atoms with E-state index < -0.39 is 4.92 Å². The molecule has 1 saturated heterocycles. The van der Waals surface area contributed by atoms with Crippen LogP contribution in [0.3, 0.4) is 0 Å². The monoisotopic (exact) mass is 355 g/mol. The zero-order chi connectivity index (χ0) is 17.7. The fourth-order valence-corrected chi connectivity index (χ4v) is 2.99. The molecule has 0 saturated carbocycles. The fourth-order valence-electron chi connectivity index (χ4n) is 2.83. The molecular weight excluding hydrogens is 334 g/mol. The summed E-state index contributed by atoms with van der Waals surface area (Å²) in [6.07, 6.45) is 2.15. The number of nitrogens with zero attached hydrogens (tertiary/aromatic N) is 2. The lowest BCUT2D eigenvalue weighted by molar-refractivity contribution is -0.385. The van der Waals surface area contributed by atoms with E-state index in [1.807, 2.05) is 6.92 Å². The van der Waals surface area contributed by atoms with Crippen LogP contribution >= 0.6 is 11.6 Å². The van der Waals surface area contributed by atoms with E-state index in [-0.39, 0.29) is 41.4 Å². The molecule has 2 atom stereocenters. The molecule has 0 aromatic heterocycles. The Hall–Kier alpha value is -1.86. The van der Waals surface area contributed by atoms with E-state index in [4.69, 9.17) is 22.1 Å². The third-order valence-electron chi connectivity index (χ3n) is 4.25. The summed E-state index contributed by atoms with van der Waals surface area (Å²) in [5.41, 5.74) is 5.72. The molecule has 2 rings (SSSR count). The Kier molecular flexibility index (Phi) is 6.39. The van der Waals surface area contributed by atoms with Crippen molar-refractivity contribution in [3.05, 3.63) is 33.3 Å². The van der Waals surface area contributed by atoms with Crippen LogP contribution in [0, 0.1) is 16.0 Å². The summed E-state index contributed by atoms with van der Waals surface area (Å²) in [5, 5.41) is 11.3.